The highest BCUT2D eigenvalue weighted by atomic mass is 16.6. The number of hydrogen-bond acceptors (Lipinski definition) is 8. The average molecular weight is 211 g/mol. The van der Waals surface area contributed by atoms with E-state index in [1.807, 2.05) is 0 Å². The van der Waals surface area contributed by atoms with Gasteiger partial charge in [0.2, 0.25) is 11.5 Å². The SMILES string of the molecule is CN(c1nonc1C(=O)O)n1cnnn1. The number of carboxylic acid groups (broad SMARTS) is 1. The maximum Gasteiger partial charge on any atom is 0.362 e. The standard InChI is InChI=1S/C5H5N7O3/c1-11(12-2-6-9-10-12)4-3(5(13)14)7-15-8-4/h2H,1H3,(H,13,14). The van der Waals surface area contributed by atoms with E-state index in [0.717, 1.165) is 0 Å². The van der Waals surface area contributed by atoms with Crippen LogP contribution < -0.4 is 5.01 Å². The summed E-state index contributed by atoms with van der Waals surface area (Å²) < 4.78 is 4.32. The van der Waals surface area contributed by atoms with Crippen LogP contribution in [-0.2, 0) is 0 Å². The van der Waals surface area contributed by atoms with Gasteiger partial charge >= 0.3 is 5.97 Å². The number of aromatic nitrogens is 6. The molecular formula is C5H5N7O3. The second kappa shape index (κ2) is 3.32. The quantitative estimate of drug-likeness (QED) is 0.656. The van der Waals surface area contributed by atoms with Crippen molar-refractivity contribution in [2.75, 3.05) is 12.1 Å². The Balaban J connectivity index is 2.37. The molecule has 15 heavy (non-hydrogen) atoms. The van der Waals surface area contributed by atoms with Gasteiger partial charge in [-0.15, -0.1) is 9.89 Å². The van der Waals surface area contributed by atoms with Gasteiger partial charge in [0.05, 0.1) is 0 Å². The van der Waals surface area contributed by atoms with Gasteiger partial charge in [-0.05, 0) is 20.7 Å². The lowest BCUT2D eigenvalue weighted by Gasteiger charge is -2.12. The van der Waals surface area contributed by atoms with Crippen molar-refractivity contribution in [3.05, 3.63) is 12.0 Å². The van der Waals surface area contributed by atoms with Crippen molar-refractivity contribution in [1.82, 2.24) is 30.6 Å². The van der Waals surface area contributed by atoms with Crippen LogP contribution in [0.1, 0.15) is 10.5 Å². The number of carbonyl (C=O) groups is 1. The minimum atomic E-state index is -1.24. The second-order valence-electron chi connectivity index (χ2n) is 2.50. The fraction of sp³-hybridized carbons (Fsp3) is 0.200. The first-order valence-electron chi connectivity index (χ1n) is 3.73. The molecule has 0 aliphatic carbocycles. The van der Waals surface area contributed by atoms with Gasteiger partial charge < -0.3 is 5.11 Å². The maximum absolute atomic E-state index is 10.7. The minimum Gasteiger partial charge on any atom is -0.476 e. The van der Waals surface area contributed by atoms with Crippen LogP contribution in [-0.4, -0.2) is 48.8 Å². The summed E-state index contributed by atoms with van der Waals surface area (Å²) in [5.74, 6) is -1.24. The summed E-state index contributed by atoms with van der Waals surface area (Å²) in [6.45, 7) is 0. The Bertz CT molecular complexity index is 463. The van der Waals surface area contributed by atoms with Gasteiger partial charge in [-0.2, -0.15) is 0 Å². The minimum absolute atomic E-state index is 0.00907. The van der Waals surface area contributed by atoms with Crippen LogP contribution in [0, 0.1) is 0 Å². The fourth-order valence-electron chi connectivity index (χ4n) is 0.922. The molecule has 10 nitrogen and oxygen atoms in total. The number of carboxylic acids is 1. The van der Waals surface area contributed by atoms with Gasteiger partial charge in [0.15, 0.2) is 6.33 Å². The molecule has 2 aromatic heterocycles. The Hall–Kier alpha value is -2.52. The molecule has 0 saturated heterocycles. The van der Waals surface area contributed by atoms with Crippen LogP contribution in [0.15, 0.2) is 11.0 Å². The first kappa shape index (κ1) is 9.05. The predicted octanol–water partition coefficient (Wildman–Crippen LogP) is -1.35. The molecule has 0 atom stereocenters. The Labute approximate surface area is 82.0 Å². The van der Waals surface area contributed by atoms with Crippen molar-refractivity contribution >= 4 is 11.8 Å². The molecule has 0 aromatic carbocycles. The first-order valence-corrected chi connectivity index (χ1v) is 3.73. The van der Waals surface area contributed by atoms with Crippen LogP contribution in [0.3, 0.4) is 0 Å². The zero-order valence-corrected chi connectivity index (χ0v) is 7.47. The molecule has 0 unspecified atom stereocenters. The maximum atomic E-state index is 10.7. The molecular weight excluding hydrogens is 206 g/mol. The van der Waals surface area contributed by atoms with Gasteiger partial charge in [0.1, 0.15) is 0 Å². The van der Waals surface area contributed by atoms with E-state index in [9.17, 15) is 4.79 Å². The Morgan fingerprint density at radius 3 is 3.00 bits per heavy atom. The van der Waals surface area contributed by atoms with Gasteiger partial charge in [0, 0.05) is 7.05 Å². The molecule has 0 radical (unpaired) electrons. The van der Waals surface area contributed by atoms with Crippen molar-refractivity contribution in [2.45, 2.75) is 0 Å². The molecule has 0 saturated carbocycles. The molecule has 10 heteroatoms. The summed E-state index contributed by atoms with van der Waals surface area (Å²) in [7, 11) is 1.52. The number of hydrogen-bond donors (Lipinski definition) is 1. The molecule has 2 rings (SSSR count). The largest absolute Gasteiger partial charge is 0.476 e. The molecule has 0 aliphatic heterocycles. The smallest absolute Gasteiger partial charge is 0.362 e. The van der Waals surface area contributed by atoms with Crippen LogP contribution in [0.25, 0.3) is 0 Å². The monoisotopic (exact) mass is 211 g/mol. The molecule has 2 aromatic rings. The molecule has 1 N–H and O–H groups in total. The Morgan fingerprint density at radius 1 is 1.60 bits per heavy atom. The molecule has 78 valence electrons. The normalized spacial score (nSPS) is 10.2. The highest BCUT2D eigenvalue weighted by molar-refractivity contribution is 5.90. The van der Waals surface area contributed by atoms with Crippen molar-refractivity contribution in [3.8, 4) is 0 Å². The summed E-state index contributed by atoms with van der Waals surface area (Å²) in [5, 5.41) is 27.0. The average Bonchev–Trinajstić information content (AvgIpc) is 2.88. The predicted molar refractivity (Wildman–Crippen MR) is 42.9 cm³/mol. The third-order valence-corrected chi connectivity index (χ3v) is 1.63. The van der Waals surface area contributed by atoms with Crippen LogP contribution in [0.2, 0.25) is 0 Å². The number of aromatic carboxylic acids is 1. The number of anilines is 1. The summed E-state index contributed by atoms with van der Waals surface area (Å²) in [5.41, 5.74) is -0.312. The molecule has 0 amide bonds. The second-order valence-corrected chi connectivity index (χ2v) is 2.50. The zero-order valence-electron chi connectivity index (χ0n) is 7.47. The van der Waals surface area contributed by atoms with Crippen LogP contribution in [0.5, 0.6) is 0 Å². The number of rotatable bonds is 3. The molecule has 0 aliphatic rings. The lowest BCUT2D eigenvalue weighted by atomic mass is 10.4. The van der Waals surface area contributed by atoms with Crippen molar-refractivity contribution in [1.29, 1.82) is 0 Å². The third-order valence-electron chi connectivity index (χ3n) is 1.63. The fourth-order valence-corrected chi connectivity index (χ4v) is 0.922. The van der Waals surface area contributed by atoms with Crippen LogP contribution in [0.4, 0.5) is 5.82 Å². The van der Waals surface area contributed by atoms with Gasteiger partial charge in [-0.25, -0.2) is 14.4 Å². The number of nitrogens with zero attached hydrogens (tertiary/aromatic N) is 7. The Morgan fingerprint density at radius 2 is 2.40 bits per heavy atom. The zero-order chi connectivity index (χ0) is 10.8. The van der Waals surface area contributed by atoms with E-state index < -0.39 is 5.97 Å². The molecule has 2 heterocycles. The number of tetrazole rings is 1. The van der Waals surface area contributed by atoms with E-state index in [1.54, 1.807) is 0 Å². The van der Waals surface area contributed by atoms with E-state index in [2.05, 4.69) is 30.5 Å². The molecule has 0 spiro atoms. The van der Waals surface area contributed by atoms with Gasteiger partial charge in [0.25, 0.3) is 0 Å². The third kappa shape index (κ3) is 1.47. The lowest BCUT2D eigenvalue weighted by molar-refractivity contribution is 0.0685. The van der Waals surface area contributed by atoms with E-state index >= 15 is 0 Å². The van der Waals surface area contributed by atoms with Crippen LogP contribution >= 0.6 is 0 Å². The summed E-state index contributed by atoms with van der Waals surface area (Å²) in [6, 6.07) is 0. The van der Waals surface area contributed by atoms with E-state index in [1.165, 1.54) is 23.2 Å². The van der Waals surface area contributed by atoms with Gasteiger partial charge in [-0.3, -0.25) is 0 Å². The van der Waals surface area contributed by atoms with Gasteiger partial charge in [-0.1, -0.05) is 0 Å². The summed E-state index contributed by atoms with van der Waals surface area (Å²) >= 11 is 0. The highest BCUT2D eigenvalue weighted by Crippen LogP contribution is 2.13. The molecule has 0 bridgehead atoms. The van der Waals surface area contributed by atoms with E-state index in [4.69, 9.17) is 5.11 Å². The summed E-state index contributed by atoms with van der Waals surface area (Å²) in [4.78, 5) is 11.9. The summed E-state index contributed by atoms with van der Waals surface area (Å²) in [6.07, 6.45) is 1.28. The van der Waals surface area contributed by atoms with E-state index in [-0.39, 0.29) is 11.5 Å². The highest BCUT2D eigenvalue weighted by Gasteiger charge is 2.22. The topological polar surface area (TPSA) is 123 Å². The van der Waals surface area contributed by atoms with E-state index in [0.29, 0.717) is 0 Å². The van der Waals surface area contributed by atoms with Crippen molar-refractivity contribution < 1.29 is 14.5 Å². The van der Waals surface area contributed by atoms with Crippen molar-refractivity contribution in [2.24, 2.45) is 0 Å². The van der Waals surface area contributed by atoms with Crippen molar-refractivity contribution in [3.63, 3.8) is 0 Å². The molecule has 0 fully saturated rings. The lowest BCUT2D eigenvalue weighted by Crippen LogP contribution is -2.27. The first-order chi connectivity index (χ1) is 7.20. The Kier molecular flexibility index (Phi) is 2.00.